The van der Waals surface area contributed by atoms with Gasteiger partial charge in [0.2, 0.25) is 11.8 Å². The van der Waals surface area contributed by atoms with E-state index in [1.807, 2.05) is 6.07 Å². The van der Waals surface area contributed by atoms with Gasteiger partial charge in [0.05, 0.1) is 6.42 Å². The normalized spacial score (nSPS) is 13.9. The summed E-state index contributed by atoms with van der Waals surface area (Å²) in [6.45, 7) is 0.904. The highest BCUT2D eigenvalue weighted by atomic mass is 19.4. The Morgan fingerprint density at radius 2 is 1.92 bits per heavy atom. The molecule has 0 amide bonds. The molecule has 4 rings (SSSR count). The fraction of sp³-hybridized carbons (Fsp3) is 0.400. The van der Waals surface area contributed by atoms with E-state index in [9.17, 15) is 27.2 Å². The molecule has 1 unspecified atom stereocenters. The molecule has 0 fully saturated rings. The summed E-state index contributed by atoms with van der Waals surface area (Å²) in [5, 5.41) is 11.3. The lowest BCUT2D eigenvalue weighted by Gasteiger charge is -2.17. The molecule has 1 aliphatic rings. The number of carbonyl (C=O) groups excluding carboxylic acids is 2. The van der Waals surface area contributed by atoms with Crippen LogP contribution >= 0.6 is 0 Å². The number of nitrogens with one attached hydrogen (secondary N) is 1. The van der Waals surface area contributed by atoms with Crippen LogP contribution in [0.5, 0.6) is 0 Å². The second kappa shape index (κ2) is 11.5. The number of ether oxygens (including phenoxy) is 1. The van der Waals surface area contributed by atoms with Crippen LogP contribution in [0, 0.1) is 5.82 Å². The maximum absolute atomic E-state index is 13.8. The molecule has 3 heterocycles. The Morgan fingerprint density at radius 3 is 2.70 bits per heavy atom. The minimum absolute atomic E-state index is 0.0657. The molecule has 12 heteroatoms. The molecule has 196 valence electrons. The van der Waals surface area contributed by atoms with Gasteiger partial charge in [0, 0.05) is 31.0 Å². The van der Waals surface area contributed by atoms with Crippen molar-refractivity contribution in [1.82, 2.24) is 15.2 Å². The Balaban J connectivity index is 1.37. The van der Waals surface area contributed by atoms with E-state index in [2.05, 4.69) is 31.3 Å². The molecule has 0 saturated heterocycles. The van der Waals surface area contributed by atoms with E-state index in [1.54, 1.807) is 0 Å². The average molecular weight is 520 g/mol. The van der Waals surface area contributed by atoms with Crippen LogP contribution in [0.4, 0.5) is 23.4 Å². The zero-order chi connectivity index (χ0) is 26.4. The summed E-state index contributed by atoms with van der Waals surface area (Å²) in [5.74, 6) is -4.08. The Kier molecular flexibility index (Phi) is 8.14. The predicted octanol–water partition coefficient (Wildman–Crippen LogP) is 4.49. The number of anilines is 1. The summed E-state index contributed by atoms with van der Waals surface area (Å²) in [6.07, 6.45) is -2.06. The molecule has 3 aromatic rings. The number of esters is 2. The topological polar surface area (TPSA) is 107 Å². The molecule has 1 N–H and O–H groups in total. The summed E-state index contributed by atoms with van der Waals surface area (Å²) in [4.78, 5) is 27.7. The number of aromatic nitrogens is 3. The third kappa shape index (κ3) is 7.34. The second-order valence-corrected chi connectivity index (χ2v) is 8.70. The molecule has 1 aliphatic heterocycles. The van der Waals surface area contributed by atoms with E-state index in [0.29, 0.717) is 30.7 Å². The number of hydrogen-bond acceptors (Lipinski definition) is 8. The Hall–Kier alpha value is -3.83. The second-order valence-electron chi connectivity index (χ2n) is 8.70. The van der Waals surface area contributed by atoms with Crippen LogP contribution < -0.4 is 5.32 Å². The average Bonchev–Trinajstić information content (AvgIpc) is 3.30. The van der Waals surface area contributed by atoms with Crippen LogP contribution in [0.15, 0.2) is 40.8 Å². The summed E-state index contributed by atoms with van der Waals surface area (Å²) in [6, 6.07) is 9.30. The van der Waals surface area contributed by atoms with Crippen LogP contribution in [0.3, 0.4) is 0 Å². The highest BCUT2D eigenvalue weighted by Gasteiger charge is 2.42. The smallest absolute Gasteiger partial charge is 0.425 e. The van der Waals surface area contributed by atoms with Crippen LogP contribution in [0.25, 0.3) is 0 Å². The van der Waals surface area contributed by atoms with Gasteiger partial charge >= 0.3 is 18.1 Å². The molecular weight excluding hydrogens is 496 g/mol. The summed E-state index contributed by atoms with van der Waals surface area (Å²) in [5.41, 5.74) is 2.45. The van der Waals surface area contributed by atoms with Gasteiger partial charge in [-0.15, -0.1) is 10.2 Å². The first-order chi connectivity index (χ1) is 17.7. The summed E-state index contributed by atoms with van der Waals surface area (Å²) < 4.78 is 60.6. The monoisotopic (exact) mass is 520 g/mol. The SMILES string of the molecule is O=C(CC(Cc1nnc(CCCc2ccc3c(n2)NCCC3)o1)c1cccc(F)c1)OC(=O)C(F)(F)F. The van der Waals surface area contributed by atoms with Crippen molar-refractivity contribution < 1.29 is 36.3 Å². The van der Waals surface area contributed by atoms with E-state index in [4.69, 9.17) is 4.42 Å². The third-order valence-corrected chi connectivity index (χ3v) is 5.88. The van der Waals surface area contributed by atoms with Gasteiger partial charge < -0.3 is 14.5 Å². The van der Waals surface area contributed by atoms with Gasteiger partial charge in [0.15, 0.2) is 0 Å². The Morgan fingerprint density at radius 1 is 1.11 bits per heavy atom. The zero-order valence-corrected chi connectivity index (χ0v) is 19.7. The first-order valence-electron chi connectivity index (χ1n) is 11.8. The van der Waals surface area contributed by atoms with Crippen molar-refractivity contribution in [2.24, 2.45) is 0 Å². The van der Waals surface area contributed by atoms with Crippen molar-refractivity contribution in [3.8, 4) is 0 Å². The number of nitrogens with zero attached hydrogens (tertiary/aromatic N) is 3. The van der Waals surface area contributed by atoms with Crippen LogP contribution in [0.1, 0.15) is 53.8 Å². The minimum atomic E-state index is -5.31. The molecule has 0 aliphatic carbocycles. The predicted molar refractivity (Wildman–Crippen MR) is 122 cm³/mol. The number of fused-ring (bicyclic) bond motifs is 1. The maximum atomic E-state index is 13.8. The Bertz CT molecular complexity index is 1260. The van der Waals surface area contributed by atoms with E-state index < -0.39 is 36.3 Å². The van der Waals surface area contributed by atoms with Crippen molar-refractivity contribution in [3.63, 3.8) is 0 Å². The molecule has 2 aromatic heterocycles. The van der Waals surface area contributed by atoms with Crippen LogP contribution in [0.2, 0.25) is 0 Å². The fourth-order valence-corrected chi connectivity index (χ4v) is 4.08. The van der Waals surface area contributed by atoms with Gasteiger partial charge in [0.1, 0.15) is 11.6 Å². The van der Waals surface area contributed by atoms with Crippen molar-refractivity contribution in [1.29, 1.82) is 0 Å². The number of alkyl halides is 3. The molecular formula is C25H24F4N4O4. The zero-order valence-electron chi connectivity index (χ0n) is 19.7. The summed E-state index contributed by atoms with van der Waals surface area (Å²) >= 11 is 0. The third-order valence-electron chi connectivity index (χ3n) is 5.88. The van der Waals surface area contributed by atoms with Gasteiger partial charge in [-0.2, -0.15) is 13.2 Å². The largest absolute Gasteiger partial charge is 0.491 e. The fourth-order valence-electron chi connectivity index (χ4n) is 4.08. The van der Waals surface area contributed by atoms with E-state index in [0.717, 1.165) is 37.0 Å². The molecule has 0 spiro atoms. The van der Waals surface area contributed by atoms with Gasteiger partial charge in [0.25, 0.3) is 0 Å². The number of halogens is 4. The van der Waals surface area contributed by atoms with Crippen LogP contribution in [-0.2, 0) is 40.0 Å². The lowest BCUT2D eigenvalue weighted by Crippen LogP contribution is -2.28. The number of hydrogen-bond donors (Lipinski definition) is 1. The van der Waals surface area contributed by atoms with Crippen molar-refractivity contribution >= 4 is 17.8 Å². The van der Waals surface area contributed by atoms with Gasteiger partial charge in [-0.1, -0.05) is 18.2 Å². The first-order valence-corrected chi connectivity index (χ1v) is 11.8. The van der Waals surface area contributed by atoms with Gasteiger partial charge in [-0.25, -0.2) is 14.2 Å². The van der Waals surface area contributed by atoms with E-state index in [1.165, 1.54) is 23.8 Å². The first kappa shape index (κ1) is 26.2. The molecule has 37 heavy (non-hydrogen) atoms. The standard InChI is InChI=1S/C25H24F4N4O4/c26-18-6-1-4-16(12-18)17(14-22(34)37-24(35)25(27,28)29)13-21-33-32-20(36-21)8-2-7-19-10-9-15-5-3-11-30-23(15)31-19/h1,4,6,9-10,12,17H,2-3,5,7-8,11,13-14H2,(H,30,31). The molecule has 1 atom stereocenters. The van der Waals surface area contributed by atoms with Crippen LogP contribution in [-0.4, -0.2) is 39.8 Å². The van der Waals surface area contributed by atoms with E-state index >= 15 is 0 Å². The quantitative estimate of drug-likeness (QED) is 0.250. The van der Waals surface area contributed by atoms with Crippen molar-refractivity contribution in [2.75, 3.05) is 11.9 Å². The van der Waals surface area contributed by atoms with Gasteiger partial charge in [-0.05, 0) is 55.0 Å². The lowest BCUT2D eigenvalue weighted by molar-refractivity contribution is -0.202. The lowest BCUT2D eigenvalue weighted by atomic mass is 9.92. The number of pyridine rings is 1. The van der Waals surface area contributed by atoms with Crippen molar-refractivity contribution in [3.05, 3.63) is 70.8 Å². The maximum Gasteiger partial charge on any atom is 0.491 e. The number of aryl methyl sites for hydroxylation is 3. The molecule has 8 nitrogen and oxygen atoms in total. The molecule has 0 saturated carbocycles. The highest BCUT2D eigenvalue weighted by molar-refractivity contribution is 5.88. The van der Waals surface area contributed by atoms with Crippen molar-refractivity contribution in [2.45, 2.75) is 57.0 Å². The number of carbonyl (C=O) groups is 2. The molecule has 0 bridgehead atoms. The minimum Gasteiger partial charge on any atom is -0.425 e. The van der Waals surface area contributed by atoms with Gasteiger partial charge in [-0.3, -0.25) is 4.79 Å². The molecule has 1 aromatic carbocycles. The number of rotatable bonds is 9. The highest BCUT2D eigenvalue weighted by Crippen LogP contribution is 2.27. The Labute approximate surface area is 209 Å². The number of benzene rings is 1. The summed E-state index contributed by atoms with van der Waals surface area (Å²) in [7, 11) is 0. The van der Waals surface area contributed by atoms with E-state index in [-0.39, 0.29) is 12.3 Å². The molecule has 0 radical (unpaired) electrons.